The minimum Gasteiger partial charge on any atom is -0.444 e. The molecule has 1 amide bonds. The lowest BCUT2D eigenvalue weighted by Gasteiger charge is -2.36. The van der Waals surface area contributed by atoms with Gasteiger partial charge in [0.15, 0.2) is 0 Å². The molecular formula is C29H49NO11S. The average molecular weight is 620 g/mol. The van der Waals surface area contributed by atoms with E-state index in [0.717, 1.165) is 24.8 Å². The van der Waals surface area contributed by atoms with Crippen LogP contribution >= 0.6 is 0 Å². The summed E-state index contributed by atoms with van der Waals surface area (Å²) in [5, 5.41) is 0. The highest BCUT2D eigenvalue weighted by molar-refractivity contribution is 7.86. The number of nitrogens with zero attached hydrogens (tertiary/aromatic N) is 1. The summed E-state index contributed by atoms with van der Waals surface area (Å²) in [6, 6.07) is 6.47. The number of carbonyl (C=O) groups is 1. The number of aryl methyl sites for hydroxylation is 1. The van der Waals surface area contributed by atoms with Gasteiger partial charge in [-0.2, -0.15) is 8.42 Å². The zero-order valence-corrected chi connectivity index (χ0v) is 26.4. The topological polar surface area (TPSA) is 128 Å². The van der Waals surface area contributed by atoms with E-state index in [2.05, 4.69) is 0 Å². The van der Waals surface area contributed by atoms with E-state index >= 15 is 0 Å². The molecule has 0 bridgehead atoms. The molecule has 1 atom stereocenters. The Labute approximate surface area is 250 Å². The third-order valence-corrected chi connectivity index (χ3v) is 7.20. The minimum absolute atomic E-state index is 0.0623. The van der Waals surface area contributed by atoms with Gasteiger partial charge in [-0.1, -0.05) is 17.7 Å². The van der Waals surface area contributed by atoms with Crippen LogP contribution in [-0.4, -0.2) is 117 Å². The van der Waals surface area contributed by atoms with E-state index < -0.39 is 15.7 Å². The second kappa shape index (κ2) is 20.2. The van der Waals surface area contributed by atoms with E-state index in [9.17, 15) is 13.2 Å². The van der Waals surface area contributed by atoms with Crippen LogP contribution in [0.3, 0.4) is 0 Å². The fraction of sp³-hybridized carbons (Fsp3) is 0.759. The zero-order chi connectivity index (χ0) is 30.7. The van der Waals surface area contributed by atoms with Gasteiger partial charge in [0.1, 0.15) is 11.8 Å². The predicted molar refractivity (Wildman–Crippen MR) is 155 cm³/mol. The van der Waals surface area contributed by atoms with Crippen LogP contribution in [0, 0.1) is 6.92 Å². The summed E-state index contributed by atoms with van der Waals surface area (Å²) in [5.74, 6) is 0. The number of likely N-dealkylation sites (tertiary alicyclic amines) is 1. The molecule has 0 aromatic heterocycles. The first-order chi connectivity index (χ1) is 20.1. The molecule has 0 spiro atoms. The lowest BCUT2D eigenvalue weighted by molar-refractivity contribution is -0.0964. The molecule has 1 unspecified atom stereocenters. The average Bonchev–Trinajstić information content (AvgIpc) is 2.93. The lowest BCUT2D eigenvalue weighted by Crippen LogP contribution is -2.47. The third kappa shape index (κ3) is 16.1. The highest BCUT2D eigenvalue weighted by Gasteiger charge is 2.30. The van der Waals surface area contributed by atoms with Crippen LogP contribution in [0.1, 0.15) is 45.6 Å². The smallest absolute Gasteiger partial charge is 0.412 e. The molecule has 1 aromatic carbocycles. The van der Waals surface area contributed by atoms with Gasteiger partial charge in [0.05, 0.1) is 84.2 Å². The third-order valence-electron chi connectivity index (χ3n) is 5.88. The van der Waals surface area contributed by atoms with Gasteiger partial charge in [0, 0.05) is 6.54 Å². The molecule has 0 N–H and O–H groups in total. The number of hydrogen-bond donors (Lipinski definition) is 0. The summed E-state index contributed by atoms with van der Waals surface area (Å²) in [4.78, 5) is 14.2. The van der Waals surface area contributed by atoms with Crippen molar-refractivity contribution in [2.75, 3.05) is 85.8 Å². The molecule has 242 valence electrons. The predicted octanol–water partition coefficient (Wildman–Crippen LogP) is 3.55. The van der Waals surface area contributed by atoms with Crippen molar-refractivity contribution >= 4 is 16.2 Å². The van der Waals surface area contributed by atoms with Crippen LogP contribution in [0.15, 0.2) is 29.2 Å². The highest BCUT2D eigenvalue weighted by atomic mass is 32.2. The van der Waals surface area contributed by atoms with E-state index in [0.29, 0.717) is 72.6 Å². The molecule has 13 heteroatoms. The van der Waals surface area contributed by atoms with E-state index in [1.54, 1.807) is 17.0 Å². The molecule has 1 saturated heterocycles. The van der Waals surface area contributed by atoms with Crippen LogP contribution in [0.4, 0.5) is 4.79 Å². The second-order valence-corrected chi connectivity index (χ2v) is 12.3. The van der Waals surface area contributed by atoms with Gasteiger partial charge in [-0.25, -0.2) is 4.79 Å². The maximum absolute atomic E-state index is 12.4. The first-order valence-corrected chi connectivity index (χ1v) is 16.0. The molecule has 0 saturated carbocycles. The monoisotopic (exact) mass is 619 g/mol. The number of rotatable bonds is 21. The van der Waals surface area contributed by atoms with Crippen LogP contribution < -0.4 is 0 Å². The fourth-order valence-electron chi connectivity index (χ4n) is 3.80. The molecule has 42 heavy (non-hydrogen) atoms. The Morgan fingerprint density at radius 3 is 1.74 bits per heavy atom. The van der Waals surface area contributed by atoms with Crippen LogP contribution in [-0.2, 0) is 47.5 Å². The van der Waals surface area contributed by atoms with Gasteiger partial charge >= 0.3 is 6.09 Å². The van der Waals surface area contributed by atoms with Gasteiger partial charge in [-0.15, -0.1) is 0 Å². The van der Waals surface area contributed by atoms with E-state index in [-0.39, 0.29) is 30.4 Å². The quantitative estimate of drug-likeness (QED) is 0.148. The summed E-state index contributed by atoms with van der Waals surface area (Å²) < 4.78 is 67.7. The molecule has 12 nitrogen and oxygen atoms in total. The van der Waals surface area contributed by atoms with Crippen LogP contribution in [0.5, 0.6) is 0 Å². The van der Waals surface area contributed by atoms with Crippen molar-refractivity contribution in [1.82, 2.24) is 4.90 Å². The Morgan fingerprint density at radius 2 is 1.24 bits per heavy atom. The molecule has 1 aromatic rings. The van der Waals surface area contributed by atoms with Gasteiger partial charge in [-0.3, -0.25) is 9.08 Å². The number of benzene rings is 1. The molecule has 1 aliphatic heterocycles. The Morgan fingerprint density at radius 1 is 0.762 bits per heavy atom. The number of piperidine rings is 1. The van der Waals surface area contributed by atoms with Crippen molar-refractivity contribution in [1.29, 1.82) is 0 Å². The van der Waals surface area contributed by atoms with Crippen molar-refractivity contribution in [3.63, 3.8) is 0 Å². The van der Waals surface area contributed by atoms with Crippen molar-refractivity contribution in [2.45, 2.75) is 63.7 Å². The first-order valence-electron chi connectivity index (χ1n) is 14.5. The zero-order valence-electron chi connectivity index (χ0n) is 25.5. The van der Waals surface area contributed by atoms with Crippen molar-refractivity contribution in [2.24, 2.45) is 0 Å². The number of amides is 1. The van der Waals surface area contributed by atoms with Crippen molar-refractivity contribution in [3.05, 3.63) is 29.8 Å². The second-order valence-electron chi connectivity index (χ2n) is 10.6. The molecule has 1 heterocycles. The van der Waals surface area contributed by atoms with Gasteiger partial charge in [0.2, 0.25) is 0 Å². The van der Waals surface area contributed by atoms with Crippen LogP contribution in [0.25, 0.3) is 0 Å². The Kier molecular flexibility index (Phi) is 17.5. The Balaban J connectivity index is 1.33. The summed E-state index contributed by atoms with van der Waals surface area (Å²) in [7, 11) is -3.78. The summed E-state index contributed by atoms with van der Waals surface area (Å²) in [6.45, 7) is 12.3. The number of hydrogen-bond acceptors (Lipinski definition) is 11. The molecule has 0 radical (unpaired) electrons. The van der Waals surface area contributed by atoms with Crippen molar-refractivity contribution in [3.8, 4) is 0 Å². The molecule has 1 aliphatic rings. The highest BCUT2D eigenvalue weighted by Crippen LogP contribution is 2.21. The number of carbonyl (C=O) groups excluding carboxylic acids is 1. The van der Waals surface area contributed by atoms with Crippen LogP contribution in [0.2, 0.25) is 0 Å². The Bertz CT molecular complexity index is 967. The Hall–Kier alpha value is -1.84. The van der Waals surface area contributed by atoms with E-state index in [1.165, 1.54) is 12.1 Å². The summed E-state index contributed by atoms with van der Waals surface area (Å²) in [5.41, 5.74) is 0.439. The maximum atomic E-state index is 12.4. The summed E-state index contributed by atoms with van der Waals surface area (Å²) >= 11 is 0. The maximum Gasteiger partial charge on any atom is 0.412 e. The van der Waals surface area contributed by atoms with Gasteiger partial charge in [0.25, 0.3) is 10.1 Å². The van der Waals surface area contributed by atoms with Gasteiger partial charge in [-0.05, 0) is 59.1 Å². The normalized spacial score (nSPS) is 16.1. The lowest BCUT2D eigenvalue weighted by atomic mass is 10.1. The van der Waals surface area contributed by atoms with E-state index in [1.807, 2.05) is 27.7 Å². The largest absolute Gasteiger partial charge is 0.444 e. The molecule has 1 fully saturated rings. The SMILES string of the molecule is Cc1ccc(S(=O)(=O)OCCOCCOCCOCCOCCOCCOC2CCCCN2C(=O)OC(C)(C)C)cc1. The van der Waals surface area contributed by atoms with E-state index in [4.69, 9.17) is 37.3 Å². The number of ether oxygens (including phenoxy) is 7. The first kappa shape index (κ1) is 36.4. The standard InChI is InChI=1S/C29H49NO11S/c1-25-8-10-26(11-9-25)42(32,33)40-24-22-38-20-18-36-16-14-34-13-15-35-17-19-37-21-23-39-27-7-5-6-12-30(27)28(31)41-29(2,3)4/h8-11,27H,5-7,12-24H2,1-4H3. The molecular weight excluding hydrogens is 570 g/mol. The minimum atomic E-state index is -3.78. The fourth-order valence-corrected chi connectivity index (χ4v) is 4.70. The molecule has 0 aliphatic carbocycles. The van der Waals surface area contributed by atoms with Crippen molar-refractivity contribution < 1.29 is 50.6 Å². The van der Waals surface area contributed by atoms with Gasteiger partial charge < -0.3 is 33.2 Å². The molecule has 2 rings (SSSR count). The summed E-state index contributed by atoms with van der Waals surface area (Å²) in [6.07, 6.45) is 2.14.